The molecule has 1 amide bonds. The maximum atomic E-state index is 13.8. The van der Waals surface area contributed by atoms with Crippen LogP contribution in [-0.2, 0) is 15.4 Å². The molecular weight excluding hydrogens is 303 g/mol. The lowest BCUT2D eigenvalue weighted by atomic mass is 10.0. The van der Waals surface area contributed by atoms with Crippen molar-refractivity contribution in [3.8, 4) is 0 Å². The van der Waals surface area contributed by atoms with Crippen LogP contribution in [0.15, 0.2) is 45.7 Å². The molecule has 22 heavy (non-hydrogen) atoms. The number of hydrogen-bond donors (Lipinski definition) is 2. The first-order valence-corrected chi connectivity index (χ1v) is 8.27. The van der Waals surface area contributed by atoms with Crippen LogP contribution in [0, 0.1) is 11.7 Å². The van der Waals surface area contributed by atoms with Gasteiger partial charge in [0.2, 0.25) is 0 Å². The SMILES string of the molecule is CC(C)C[C@H](N)C(=O)/N=[SH](=O)/c1ccc(F)c2ccccc12. The zero-order valence-corrected chi connectivity index (χ0v) is 13.4. The van der Waals surface area contributed by atoms with E-state index in [1.54, 1.807) is 24.3 Å². The molecule has 0 radical (unpaired) electrons. The highest BCUT2D eigenvalue weighted by atomic mass is 32.2. The van der Waals surface area contributed by atoms with Crippen LogP contribution in [0.2, 0.25) is 0 Å². The van der Waals surface area contributed by atoms with Gasteiger partial charge < -0.3 is 5.73 Å². The molecule has 0 aromatic heterocycles. The van der Waals surface area contributed by atoms with Gasteiger partial charge in [-0.2, -0.15) is 4.36 Å². The summed E-state index contributed by atoms with van der Waals surface area (Å²) in [6.45, 7) is 3.89. The Balaban J connectivity index is 2.40. The molecule has 6 heteroatoms. The van der Waals surface area contributed by atoms with Crippen LogP contribution in [-0.4, -0.2) is 16.2 Å². The minimum absolute atomic E-state index is 0.249. The van der Waals surface area contributed by atoms with E-state index in [9.17, 15) is 13.4 Å². The first-order chi connectivity index (χ1) is 10.4. The molecule has 0 spiro atoms. The molecule has 1 unspecified atom stereocenters. The van der Waals surface area contributed by atoms with Crippen molar-refractivity contribution < 1.29 is 13.4 Å². The quantitative estimate of drug-likeness (QED) is 0.850. The maximum Gasteiger partial charge on any atom is 0.270 e. The third-order valence-electron chi connectivity index (χ3n) is 3.29. The van der Waals surface area contributed by atoms with Crippen LogP contribution in [0.3, 0.4) is 0 Å². The van der Waals surface area contributed by atoms with Gasteiger partial charge in [-0.05, 0) is 24.5 Å². The summed E-state index contributed by atoms with van der Waals surface area (Å²) >= 11 is 0. The predicted octanol–water partition coefficient (Wildman–Crippen LogP) is 2.90. The number of benzene rings is 2. The van der Waals surface area contributed by atoms with Crippen LogP contribution in [0.1, 0.15) is 20.3 Å². The van der Waals surface area contributed by atoms with E-state index in [1.807, 2.05) is 13.8 Å². The Bertz CT molecular complexity index is 783. The van der Waals surface area contributed by atoms with Crippen molar-refractivity contribution >= 4 is 27.3 Å². The van der Waals surface area contributed by atoms with E-state index in [-0.39, 0.29) is 5.92 Å². The number of fused-ring (bicyclic) bond motifs is 1. The second-order valence-electron chi connectivity index (χ2n) is 5.56. The summed E-state index contributed by atoms with van der Waals surface area (Å²) in [4.78, 5) is 12.3. The fourth-order valence-electron chi connectivity index (χ4n) is 2.24. The van der Waals surface area contributed by atoms with Gasteiger partial charge in [0.15, 0.2) is 0 Å². The molecule has 0 aliphatic heterocycles. The van der Waals surface area contributed by atoms with Gasteiger partial charge in [0.1, 0.15) is 5.82 Å². The van der Waals surface area contributed by atoms with Crippen LogP contribution < -0.4 is 5.73 Å². The molecule has 2 atom stereocenters. The minimum Gasteiger partial charge on any atom is -0.320 e. The van der Waals surface area contributed by atoms with Gasteiger partial charge in [-0.25, -0.2) is 8.60 Å². The molecule has 0 aliphatic rings. The Morgan fingerprint density at radius 1 is 1.23 bits per heavy atom. The number of carbonyl (C=O) groups is 1. The molecule has 0 saturated carbocycles. The summed E-state index contributed by atoms with van der Waals surface area (Å²) in [5, 5.41) is 0.857. The van der Waals surface area contributed by atoms with Gasteiger partial charge in [-0.3, -0.25) is 4.79 Å². The lowest BCUT2D eigenvalue weighted by Gasteiger charge is -2.09. The molecule has 4 nitrogen and oxygen atoms in total. The van der Waals surface area contributed by atoms with E-state index in [2.05, 4.69) is 4.36 Å². The van der Waals surface area contributed by atoms with E-state index in [0.29, 0.717) is 22.1 Å². The highest BCUT2D eigenvalue weighted by Gasteiger charge is 2.15. The topological polar surface area (TPSA) is 72.5 Å². The van der Waals surface area contributed by atoms with E-state index in [4.69, 9.17) is 5.73 Å². The van der Waals surface area contributed by atoms with Crippen molar-refractivity contribution in [3.05, 3.63) is 42.2 Å². The molecule has 0 aliphatic carbocycles. The van der Waals surface area contributed by atoms with Gasteiger partial charge in [0.25, 0.3) is 5.91 Å². The Morgan fingerprint density at radius 2 is 1.86 bits per heavy atom. The number of halogens is 1. The zero-order chi connectivity index (χ0) is 16.3. The largest absolute Gasteiger partial charge is 0.320 e. The average molecular weight is 322 g/mol. The Morgan fingerprint density at radius 3 is 2.50 bits per heavy atom. The standard InChI is InChI=1S/C16H19FN2O2S/c1-10(2)9-14(18)16(20)19-22(21)15-8-7-13(17)11-5-3-4-6-12(11)15/h3-8,10,14,22H,9,18H2,1-2H3/t14-/m0/s1. The molecule has 2 aromatic rings. The number of carbonyl (C=O) groups excluding carboxylic acids is 1. The minimum atomic E-state index is -2.31. The third kappa shape index (κ3) is 3.69. The zero-order valence-electron chi connectivity index (χ0n) is 12.5. The van der Waals surface area contributed by atoms with Crippen molar-refractivity contribution in [2.75, 3.05) is 0 Å². The summed E-state index contributed by atoms with van der Waals surface area (Å²) in [6, 6.07) is 8.56. The van der Waals surface area contributed by atoms with Gasteiger partial charge in [0, 0.05) is 10.8 Å². The van der Waals surface area contributed by atoms with Crippen molar-refractivity contribution in [1.82, 2.24) is 0 Å². The molecule has 118 valence electrons. The number of thiol groups is 1. The lowest BCUT2D eigenvalue weighted by molar-refractivity contribution is -0.119. The second kappa shape index (κ2) is 6.98. The Kier molecular flexibility index (Phi) is 5.26. The number of nitrogens with zero attached hydrogens (tertiary/aromatic N) is 1. The van der Waals surface area contributed by atoms with Crippen molar-refractivity contribution in [3.63, 3.8) is 0 Å². The van der Waals surface area contributed by atoms with Gasteiger partial charge in [0.05, 0.1) is 21.5 Å². The monoisotopic (exact) mass is 322 g/mol. The van der Waals surface area contributed by atoms with E-state index < -0.39 is 28.4 Å². The molecule has 0 saturated heterocycles. The smallest absolute Gasteiger partial charge is 0.270 e. The summed E-state index contributed by atoms with van der Waals surface area (Å²) in [7, 11) is -2.31. The van der Waals surface area contributed by atoms with E-state index in [0.717, 1.165) is 0 Å². The van der Waals surface area contributed by atoms with Gasteiger partial charge >= 0.3 is 0 Å². The summed E-state index contributed by atoms with van der Waals surface area (Å²) < 4.78 is 29.8. The van der Waals surface area contributed by atoms with Gasteiger partial charge in [-0.1, -0.05) is 38.1 Å². The number of nitrogens with two attached hydrogens (primary N) is 1. The second-order valence-corrected chi connectivity index (χ2v) is 6.79. The summed E-state index contributed by atoms with van der Waals surface area (Å²) in [6.07, 6.45) is 0.482. The molecule has 2 rings (SSSR count). The molecular formula is C16H19FN2O2S. The van der Waals surface area contributed by atoms with Crippen LogP contribution in [0.4, 0.5) is 4.39 Å². The lowest BCUT2D eigenvalue weighted by Crippen LogP contribution is -2.30. The maximum absolute atomic E-state index is 13.8. The van der Waals surface area contributed by atoms with Gasteiger partial charge in [-0.15, -0.1) is 0 Å². The third-order valence-corrected chi connectivity index (χ3v) is 4.47. The molecule has 2 N–H and O–H groups in total. The van der Waals surface area contributed by atoms with Crippen LogP contribution in [0.5, 0.6) is 0 Å². The number of hydrogen-bond acceptors (Lipinski definition) is 3. The molecule has 0 bridgehead atoms. The average Bonchev–Trinajstić information content (AvgIpc) is 2.47. The number of rotatable bonds is 4. The number of amides is 1. The van der Waals surface area contributed by atoms with E-state index >= 15 is 0 Å². The van der Waals surface area contributed by atoms with E-state index in [1.165, 1.54) is 12.1 Å². The first-order valence-electron chi connectivity index (χ1n) is 7.05. The van der Waals surface area contributed by atoms with Crippen molar-refractivity contribution in [1.29, 1.82) is 0 Å². The van der Waals surface area contributed by atoms with Crippen molar-refractivity contribution in [2.24, 2.45) is 16.0 Å². The van der Waals surface area contributed by atoms with Crippen LogP contribution in [0.25, 0.3) is 10.8 Å². The fourth-order valence-corrected chi connectivity index (χ4v) is 3.28. The Labute approximate surface area is 130 Å². The summed E-state index contributed by atoms with van der Waals surface area (Å²) in [5.74, 6) is -0.729. The first kappa shape index (κ1) is 16.6. The highest BCUT2D eigenvalue weighted by Crippen LogP contribution is 2.23. The predicted molar refractivity (Wildman–Crippen MR) is 86.6 cm³/mol. The normalized spacial score (nSPS) is 14.4. The highest BCUT2D eigenvalue weighted by molar-refractivity contribution is 7.75. The molecule has 2 aromatic carbocycles. The van der Waals surface area contributed by atoms with Crippen LogP contribution >= 0.6 is 0 Å². The molecule has 0 heterocycles. The van der Waals surface area contributed by atoms with Crippen molar-refractivity contribution in [2.45, 2.75) is 31.2 Å². The summed E-state index contributed by atoms with van der Waals surface area (Å²) in [5.41, 5.74) is 5.75. The fraction of sp³-hybridized carbons (Fsp3) is 0.312. The Hall–Kier alpha value is -1.79. The molecule has 0 fully saturated rings.